The van der Waals surface area contributed by atoms with Crippen molar-refractivity contribution in [3.05, 3.63) is 95.5 Å². The summed E-state index contributed by atoms with van der Waals surface area (Å²) in [5.74, 6) is 0.240. The molecule has 30 heavy (non-hydrogen) atoms. The van der Waals surface area contributed by atoms with Gasteiger partial charge in [0.25, 0.3) is 5.56 Å². The van der Waals surface area contributed by atoms with Gasteiger partial charge in [-0.05, 0) is 24.3 Å². The van der Waals surface area contributed by atoms with Crippen LogP contribution in [-0.4, -0.2) is 24.8 Å². The number of rotatable bonds is 4. The van der Waals surface area contributed by atoms with Gasteiger partial charge in [-0.3, -0.25) is 18.6 Å². The number of nitrogens with one attached hydrogen (secondary N) is 1. The number of hydrogen-bond acceptors (Lipinski definition) is 4. The van der Waals surface area contributed by atoms with Crippen LogP contribution in [0.3, 0.4) is 0 Å². The second kappa shape index (κ2) is 7.29. The Hall–Kier alpha value is -4.26. The number of amides is 1. The monoisotopic (exact) mass is 395 g/mol. The first-order chi connectivity index (χ1) is 14.7. The molecule has 3 heterocycles. The third-order valence-corrected chi connectivity index (χ3v) is 4.89. The number of carbonyl (C=O) groups excluding carboxylic acids is 1. The third-order valence-electron chi connectivity index (χ3n) is 4.89. The summed E-state index contributed by atoms with van der Waals surface area (Å²) < 4.78 is 3.25. The number of carbonyl (C=O) groups is 1. The molecular weight excluding hydrogens is 378 g/mol. The van der Waals surface area contributed by atoms with Crippen LogP contribution in [0.2, 0.25) is 0 Å². The predicted octanol–water partition coefficient (Wildman–Crippen LogP) is 3.35. The van der Waals surface area contributed by atoms with Crippen molar-refractivity contribution in [2.45, 2.75) is 6.54 Å². The molecule has 0 radical (unpaired) electrons. The fourth-order valence-corrected chi connectivity index (χ4v) is 3.51. The lowest BCUT2D eigenvalue weighted by Gasteiger charge is -2.11. The van der Waals surface area contributed by atoms with Crippen molar-refractivity contribution in [2.75, 3.05) is 5.32 Å². The first-order valence-corrected chi connectivity index (χ1v) is 9.48. The van der Waals surface area contributed by atoms with E-state index in [1.165, 1.54) is 10.8 Å². The van der Waals surface area contributed by atoms with E-state index < -0.39 is 0 Å². The van der Waals surface area contributed by atoms with E-state index in [-0.39, 0.29) is 18.0 Å². The second-order valence-corrected chi connectivity index (χ2v) is 6.82. The molecule has 5 rings (SSSR count). The lowest BCUT2D eigenvalue weighted by Crippen LogP contribution is -2.28. The molecule has 7 heteroatoms. The molecule has 3 aromatic heterocycles. The molecule has 0 unspecified atom stereocenters. The molecule has 5 aromatic rings. The van der Waals surface area contributed by atoms with Crippen molar-refractivity contribution in [1.29, 1.82) is 0 Å². The van der Waals surface area contributed by atoms with Crippen molar-refractivity contribution in [3.63, 3.8) is 0 Å². The highest BCUT2D eigenvalue weighted by Gasteiger charge is 2.17. The summed E-state index contributed by atoms with van der Waals surface area (Å²) in [6.07, 6.45) is 3.08. The largest absolute Gasteiger partial charge is 0.308 e. The normalized spacial score (nSPS) is 11.1. The maximum Gasteiger partial charge on any atom is 0.269 e. The first-order valence-electron chi connectivity index (χ1n) is 9.48. The van der Waals surface area contributed by atoms with Crippen LogP contribution >= 0.6 is 0 Å². The fourth-order valence-electron chi connectivity index (χ4n) is 3.51. The van der Waals surface area contributed by atoms with Crippen LogP contribution in [0, 0.1) is 0 Å². The van der Waals surface area contributed by atoms with Crippen molar-refractivity contribution >= 4 is 28.4 Å². The van der Waals surface area contributed by atoms with Gasteiger partial charge in [-0.15, -0.1) is 0 Å². The van der Waals surface area contributed by atoms with E-state index in [0.29, 0.717) is 22.5 Å². The van der Waals surface area contributed by atoms with E-state index in [1.807, 2.05) is 71.3 Å². The molecule has 0 atom stereocenters. The molecule has 0 aliphatic rings. The van der Waals surface area contributed by atoms with Gasteiger partial charge in [-0.1, -0.05) is 48.5 Å². The summed E-state index contributed by atoms with van der Waals surface area (Å²) in [5.41, 5.74) is 3.22. The van der Waals surface area contributed by atoms with Gasteiger partial charge in [0, 0.05) is 11.8 Å². The maximum atomic E-state index is 13.0. The molecule has 0 aliphatic heterocycles. The standard InChI is InChI=1S/C23H17N5O2/c29-20(15-28-18-11-5-4-10-17(18)24-14-21(28)30)26-23-22(16-8-2-1-3-9-16)25-19-12-6-7-13-27(19)23/h1-14H,15H2,(H,26,29). The summed E-state index contributed by atoms with van der Waals surface area (Å²) in [6, 6.07) is 22.6. The number of fused-ring (bicyclic) bond motifs is 2. The van der Waals surface area contributed by atoms with Crippen LogP contribution in [0.25, 0.3) is 27.9 Å². The van der Waals surface area contributed by atoms with Crippen LogP contribution in [-0.2, 0) is 11.3 Å². The quantitative estimate of drug-likeness (QED) is 0.506. The van der Waals surface area contributed by atoms with E-state index in [0.717, 1.165) is 11.2 Å². The van der Waals surface area contributed by atoms with Crippen LogP contribution < -0.4 is 10.9 Å². The Labute approximate surface area is 171 Å². The van der Waals surface area contributed by atoms with Gasteiger partial charge < -0.3 is 5.32 Å². The average Bonchev–Trinajstić information content (AvgIpc) is 3.15. The van der Waals surface area contributed by atoms with Gasteiger partial charge in [0.2, 0.25) is 5.91 Å². The number of pyridine rings is 1. The van der Waals surface area contributed by atoms with E-state index >= 15 is 0 Å². The number of hydrogen-bond donors (Lipinski definition) is 1. The number of imidazole rings is 1. The molecule has 146 valence electrons. The fraction of sp³-hybridized carbons (Fsp3) is 0.0435. The van der Waals surface area contributed by atoms with Crippen molar-refractivity contribution in [2.24, 2.45) is 0 Å². The van der Waals surface area contributed by atoms with Gasteiger partial charge in [-0.25, -0.2) is 9.97 Å². The Kier molecular flexibility index (Phi) is 4.33. The summed E-state index contributed by atoms with van der Waals surface area (Å²) >= 11 is 0. The second-order valence-electron chi connectivity index (χ2n) is 6.82. The highest BCUT2D eigenvalue weighted by molar-refractivity contribution is 5.95. The summed E-state index contributed by atoms with van der Waals surface area (Å²) in [4.78, 5) is 34.2. The molecule has 1 amide bonds. The van der Waals surface area contributed by atoms with Gasteiger partial charge in [-0.2, -0.15) is 0 Å². The minimum atomic E-state index is -0.328. The van der Waals surface area contributed by atoms with Gasteiger partial charge in [0.1, 0.15) is 23.7 Å². The van der Waals surface area contributed by atoms with Crippen molar-refractivity contribution in [3.8, 4) is 11.3 Å². The topological polar surface area (TPSA) is 81.3 Å². The zero-order chi connectivity index (χ0) is 20.5. The van der Waals surface area contributed by atoms with Gasteiger partial charge >= 0.3 is 0 Å². The summed E-state index contributed by atoms with van der Waals surface area (Å²) in [5, 5.41) is 2.95. The highest BCUT2D eigenvalue weighted by Crippen LogP contribution is 2.28. The molecule has 0 saturated heterocycles. The Balaban J connectivity index is 1.55. The highest BCUT2D eigenvalue weighted by atomic mass is 16.2. The number of para-hydroxylation sites is 2. The SMILES string of the molecule is O=C(Cn1c(=O)cnc2ccccc21)Nc1c(-c2ccccc2)nc2ccccn12. The Morgan fingerprint density at radius 2 is 1.70 bits per heavy atom. The van der Waals surface area contributed by atoms with Crippen LogP contribution in [0.1, 0.15) is 0 Å². The molecule has 0 bridgehead atoms. The molecule has 1 N–H and O–H groups in total. The van der Waals surface area contributed by atoms with Crippen molar-refractivity contribution < 1.29 is 4.79 Å². The van der Waals surface area contributed by atoms with Gasteiger partial charge in [0.05, 0.1) is 17.2 Å². The lowest BCUT2D eigenvalue weighted by atomic mass is 10.1. The molecule has 7 nitrogen and oxygen atoms in total. The molecule has 0 spiro atoms. The minimum absolute atomic E-state index is 0.129. The minimum Gasteiger partial charge on any atom is -0.308 e. The van der Waals surface area contributed by atoms with Crippen LogP contribution in [0.5, 0.6) is 0 Å². The molecule has 0 saturated carbocycles. The van der Waals surface area contributed by atoms with E-state index in [1.54, 1.807) is 12.1 Å². The Morgan fingerprint density at radius 3 is 2.57 bits per heavy atom. The van der Waals surface area contributed by atoms with E-state index in [4.69, 9.17) is 0 Å². The molecule has 2 aromatic carbocycles. The molecular formula is C23H17N5O2. The zero-order valence-corrected chi connectivity index (χ0v) is 15.9. The van der Waals surface area contributed by atoms with E-state index in [9.17, 15) is 9.59 Å². The number of anilines is 1. The van der Waals surface area contributed by atoms with Crippen LogP contribution in [0.15, 0.2) is 90.0 Å². The van der Waals surface area contributed by atoms with Crippen molar-refractivity contribution in [1.82, 2.24) is 18.9 Å². The van der Waals surface area contributed by atoms with Gasteiger partial charge in [0.15, 0.2) is 0 Å². The zero-order valence-electron chi connectivity index (χ0n) is 15.9. The lowest BCUT2D eigenvalue weighted by molar-refractivity contribution is -0.116. The maximum absolute atomic E-state index is 13.0. The average molecular weight is 395 g/mol. The number of nitrogens with zero attached hydrogens (tertiary/aromatic N) is 4. The first kappa shape index (κ1) is 17.8. The van der Waals surface area contributed by atoms with E-state index in [2.05, 4.69) is 15.3 Å². The summed E-state index contributed by atoms with van der Waals surface area (Å²) in [6.45, 7) is -0.129. The Bertz CT molecular complexity index is 1440. The Morgan fingerprint density at radius 1 is 0.933 bits per heavy atom. The predicted molar refractivity (Wildman–Crippen MR) is 115 cm³/mol. The number of aromatic nitrogens is 4. The molecule has 0 fully saturated rings. The smallest absolute Gasteiger partial charge is 0.269 e. The number of benzene rings is 2. The summed E-state index contributed by atoms with van der Waals surface area (Å²) in [7, 11) is 0. The third kappa shape index (κ3) is 3.12. The van der Waals surface area contributed by atoms with Crippen LogP contribution in [0.4, 0.5) is 5.82 Å². The molecule has 0 aliphatic carbocycles.